The molecule has 0 spiro atoms. The minimum absolute atomic E-state index is 0.192. The predicted molar refractivity (Wildman–Crippen MR) is 109 cm³/mol. The van der Waals surface area contributed by atoms with Gasteiger partial charge in [-0.1, -0.05) is 23.7 Å². The predicted octanol–water partition coefficient (Wildman–Crippen LogP) is 2.81. The van der Waals surface area contributed by atoms with E-state index in [4.69, 9.17) is 16.3 Å². The van der Waals surface area contributed by atoms with Crippen LogP contribution in [-0.2, 0) is 0 Å². The van der Waals surface area contributed by atoms with E-state index in [9.17, 15) is 9.18 Å². The molecule has 8 heteroatoms. The summed E-state index contributed by atoms with van der Waals surface area (Å²) < 4.78 is 18.7. The molecule has 0 aliphatic carbocycles. The number of ether oxygens (including phenoxy) is 1. The molecule has 2 atom stereocenters. The molecule has 2 N–H and O–H groups in total. The highest BCUT2D eigenvalue weighted by Crippen LogP contribution is 2.26. The van der Waals surface area contributed by atoms with Crippen molar-refractivity contribution in [2.75, 3.05) is 33.3 Å². The second kappa shape index (κ2) is 8.67. The molecular formula is C21H24ClFN4O2. The summed E-state index contributed by atoms with van der Waals surface area (Å²) >= 11 is 6.09. The molecule has 2 fully saturated rings. The maximum atomic E-state index is 13.5. The fourth-order valence-electron chi connectivity index (χ4n) is 3.90. The van der Waals surface area contributed by atoms with Crippen molar-refractivity contribution in [2.45, 2.75) is 18.6 Å². The normalized spacial score (nSPS) is 22.7. The van der Waals surface area contributed by atoms with E-state index in [1.54, 1.807) is 12.0 Å². The third-order valence-electron chi connectivity index (χ3n) is 5.60. The van der Waals surface area contributed by atoms with Crippen LogP contribution in [0.1, 0.15) is 28.4 Å². The monoisotopic (exact) mass is 418 g/mol. The molecular weight excluding hydrogens is 395 g/mol. The van der Waals surface area contributed by atoms with Gasteiger partial charge in [0.15, 0.2) is 0 Å². The molecule has 6 nitrogen and oxygen atoms in total. The van der Waals surface area contributed by atoms with Crippen LogP contribution in [0.5, 0.6) is 5.75 Å². The molecule has 0 bridgehead atoms. The number of hydrogen-bond acceptors (Lipinski definition) is 5. The van der Waals surface area contributed by atoms with Gasteiger partial charge >= 0.3 is 0 Å². The molecule has 0 aromatic heterocycles. The summed E-state index contributed by atoms with van der Waals surface area (Å²) in [6.07, 6.45) is 1.12. The summed E-state index contributed by atoms with van der Waals surface area (Å²) in [7, 11) is 1.66. The molecule has 0 saturated carbocycles. The van der Waals surface area contributed by atoms with E-state index in [2.05, 4.69) is 27.9 Å². The van der Waals surface area contributed by atoms with Crippen LogP contribution in [0, 0.1) is 5.82 Å². The number of halogens is 2. The van der Waals surface area contributed by atoms with Crippen LogP contribution in [-0.4, -0.2) is 55.2 Å². The zero-order valence-electron chi connectivity index (χ0n) is 16.2. The van der Waals surface area contributed by atoms with Gasteiger partial charge in [-0.05, 0) is 42.3 Å². The van der Waals surface area contributed by atoms with E-state index in [-0.39, 0.29) is 28.7 Å². The van der Waals surface area contributed by atoms with E-state index in [0.717, 1.165) is 25.3 Å². The topological polar surface area (TPSA) is 56.8 Å². The Hall–Kier alpha value is -2.19. The van der Waals surface area contributed by atoms with Gasteiger partial charge in [0.1, 0.15) is 11.6 Å². The van der Waals surface area contributed by atoms with Gasteiger partial charge in [-0.25, -0.2) is 15.2 Å². The van der Waals surface area contributed by atoms with Gasteiger partial charge in [-0.2, -0.15) is 0 Å². The number of piperazine rings is 1. The minimum atomic E-state index is -0.456. The lowest BCUT2D eigenvalue weighted by Gasteiger charge is -2.37. The largest absolute Gasteiger partial charge is 0.497 e. The Morgan fingerprint density at radius 1 is 1.10 bits per heavy atom. The Labute approximate surface area is 174 Å². The van der Waals surface area contributed by atoms with Crippen molar-refractivity contribution in [2.24, 2.45) is 0 Å². The highest BCUT2D eigenvalue weighted by Gasteiger charge is 2.32. The molecule has 2 aliphatic heterocycles. The van der Waals surface area contributed by atoms with Crippen molar-refractivity contribution in [3.8, 4) is 5.75 Å². The van der Waals surface area contributed by atoms with Crippen LogP contribution >= 0.6 is 11.6 Å². The third kappa shape index (κ3) is 4.38. The minimum Gasteiger partial charge on any atom is -0.497 e. The maximum Gasteiger partial charge on any atom is 0.255 e. The number of nitrogens with zero attached hydrogens (tertiary/aromatic N) is 2. The number of benzene rings is 2. The number of carbonyl (C=O) groups excluding carboxylic acids is 1. The zero-order chi connectivity index (χ0) is 20.4. The lowest BCUT2D eigenvalue weighted by Crippen LogP contribution is -2.55. The van der Waals surface area contributed by atoms with E-state index < -0.39 is 5.82 Å². The number of hydrogen-bond donors (Lipinski definition) is 2. The van der Waals surface area contributed by atoms with Crippen LogP contribution < -0.4 is 15.6 Å². The van der Waals surface area contributed by atoms with E-state index >= 15 is 0 Å². The van der Waals surface area contributed by atoms with Gasteiger partial charge in [0.2, 0.25) is 0 Å². The van der Waals surface area contributed by atoms with Crippen molar-refractivity contribution in [1.82, 2.24) is 20.7 Å². The Morgan fingerprint density at radius 2 is 1.83 bits per heavy atom. The van der Waals surface area contributed by atoms with Crippen molar-refractivity contribution in [1.29, 1.82) is 0 Å². The summed E-state index contributed by atoms with van der Waals surface area (Å²) in [5.41, 5.74) is 8.15. The van der Waals surface area contributed by atoms with Gasteiger partial charge in [0, 0.05) is 32.2 Å². The van der Waals surface area contributed by atoms with E-state index in [0.29, 0.717) is 13.1 Å². The summed E-state index contributed by atoms with van der Waals surface area (Å²) in [5.74, 6) is 0.167. The first kappa shape index (κ1) is 20.1. The molecule has 2 saturated heterocycles. The Morgan fingerprint density at radius 3 is 2.52 bits per heavy atom. The van der Waals surface area contributed by atoms with Crippen LogP contribution in [0.25, 0.3) is 0 Å². The van der Waals surface area contributed by atoms with Crippen LogP contribution in [0.2, 0.25) is 5.02 Å². The van der Waals surface area contributed by atoms with Gasteiger partial charge in [-0.15, -0.1) is 0 Å². The number of rotatable bonds is 4. The van der Waals surface area contributed by atoms with Crippen molar-refractivity contribution < 1.29 is 13.9 Å². The molecule has 2 aromatic carbocycles. The Bertz CT molecular complexity index is 871. The first-order valence-corrected chi connectivity index (χ1v) is 10.1. The first-order chi connectivity index (χ1) is 14.0. The molecule has 2 aromatic rings. The maximum absolute atomic E-state index is 13.5. The molecule has 1 amide bonds. The molecule has 0 radical (unpaired) electrons. The molecule has 29 heavy (non-hydrogen) atoms. The highest BCUT2D eigenvalue weighted by atomic mass is 35.5. The van der Waals surface area contributed by atoms with Gasteiger partial charge in [0.25, 0.3) is 5.91 Å². The van der Waals surface area contributed by atoms with Gasteiger partial charge < -0.3 is 9.64 Å². The number of amides is 1. The zero-order valence-corrected chi connectivity index (χ0v) is 17.0. The van der Waals surface area contributed by atoms with Crippen molar-refractivity contribution in [3.05, 3.63) is 64.4 Å². The summed E-state index contributed by atoms with van der Waals surface area (Å²) in [4.78, 5) is 16.8. The molecule has 4 rings (SSSR count). The summed E-state index contributed by atoms with van der Waals surface area (Å²) in [5, 5.41) is 0.280. The number of carbonyl (C=O) groups is 1. The Balaban J connectivity index is 1.33. The molecule has 2 heterocycles. The van der Waals surface area contributed by atoms with E-state index in [1.165, 1.54) is 23.8 Å². The number of methoxy groups -OCH3 is 1. The number of hydrazine groups is 1. The average molecular weight is 419 g/mol. The summed E-state index contributed by atoms with van der Waals surface area (Å²) in [6.45, 7) is 2.65. The molecule has 2 aliphatic rings. The lowest BCUT2D eigenvalue weighted by atomic mass is 10.0. The van der Waals surface area contributed by atoms with Crippen LogP contribution in [0.15, 0.2) is 42.5 Å². The van der Waals surface area contributed by atoms with Crippen molar-refractivity contribution in [3.63, 3.8) is 0 Å². The highest BCUT2D eigenvalue weighted by molar-refractivity contribution is 6.33. The fraction of sp³-hybridized carbons (Fsp3) is 0.381. The number of nitrogens with one attached hydrogen (secondary N) is 2. The quantitative estimate of drug-likeness (QED) is 0.799. The molecule has 2 unspecified atom stereocenters. The van der Waals surface area contributed by atoms with Gasteiger partial charge in [-0.3, -0.25) is 9.69 Å². The van der Waals surface area contributed by atoms with Crippen LogP contribution in [0.3, 0.4) is 0 Å². The van der Waals surface area contributed by atoms with E-state index in [1.807, 2.05) is 12.1 Å². The van der Waals surface area contributed by atoms with Crippen molar-refractivity contribution >= 4 is 17.5 Å². The smallest absolute Gasteiger partial charge is 0.255 e. The fourth-order valence-corrected chi connectivity index (χ4v) is 4.10. The van der Waals surface area contributed by atoms with Gasteiger partial charge in [0.05, 0.1) is 23.9 Å². The second-order valence-electron chi connectivity index (χ2n) is 7.32. The summed E-state index contributed by atoms with van der Waals surface area (Å²) in [6, 6.07) is 12.2. The standard InChI is InChI=1S/C21H24ClFN4O2/c1-29-16-5-2-14(3-6-16)19-13-20(25-24-19)26-8-10-27(11-9-26)21(28)17-12-15(23)4-7-18(17)22/h2-7,12,19-20,24-25H,8-11,13H2,1H3. The average Bonchev–Trinajstić information content (AvgIpc) is 3.25. The first-order valence-electron chi connectivity index (χ1n) is 9.68. The second-order valence-corrected chi connectivity index (χ2v) is 7.73. The lowest BCUT2D eigenvalue weighted by molar-refractivity contribution is 0.0544. The molecule has 154 valence electrons. The Kier molecular flexibility index (Phi) is 6.01. The third-order valence-corrected chi connectivity index (χ3v) is 5.93. The van der Waals surface area contributed by atoms with Crippen LogP contribution in [0.4, 0.5) is 4.39 Å². The SMILES string of the molecule is COc1ccc(C2CC(N3CCN(C(=O)c4cc(F)ccc4Cl)CC3)NN2)cc1.